The maximum absolute atomic E-state index is 11.5. The summed E-state index contributed by atoms with van der Waals surface area (Å²) in [6.07, 6.45) is 1.98. The highest BCUT2D eigenvalue weighted by atomic mass is 16.3. The van der Waals surface area contributed by atoms with E-state index in [4.69, 9.17) is 0 Å². The van der Waals surface area contributed by atoms with Crippen molar-refractivity contribution in [2.24, 2.45) is 11.3 Å². The molecule has 3 unspecified atom stereocenters. The zero-order valence-corrected chi connectivity index (χ0v) is 7.87. The fourth-order valence-electron chi connectivity index (χ4n) is 2.61. The number of ketones is 1. The van der Waals surface area contributed by atoms with E-state index in [2.05, 4.69) is 0 Å². The molecule has 3 rings (SSSR count). The molecule has 3 nitrogen and oxygen atoms in total. The summed E-state index contributed by atoms with van der Waals surface area (Å²) < 4.78 is 0. The van der Waals surface area contributed by atoms with Crippen LogP contribution in [0.2, 0.25) is 0 Å². The van der Waals surface area contributed by atoms with E-state index in [1.807, 2.05) is 0 Å². The molecule has 0 spiro atoms. The van der Waals surface area contributed by atoms with Gasteiger partial charge in [0.25, 0.3) is 0 Å². The van der Waals surface area contributed by atoms with Crippen LogP contribution in [0.4, 0.5) is 0 Å². The van der Waals surface area contributed by atoms with Crippen molar-refractivity contribution in [2.75, 3.05) is 6.61 Å². The molecule has 3 aliphatic rings. The first-order chi connectivity index (χ1) is 5.95. The van der Waals surface area contributed by atoms with Crippen molar-refractivity contribution in [3.05, 3.63) is 11.6 Å². The summed E-state index contributed by atoms with van der Waals surface area (Å²) in [5.74, 6) is -0.142. The maximum atomic E-state index is 11.5. The van der Waals surface area contributed by atoms with E-state index in [9.17, 15) is 15.0 Å². The largest absolute Gasteiger partial charge is 0.396 e. The van der Waals surface area contributed by atoms with Crippen molar-refractivity contribution in [2.45, 2.75) is 25.9 Å². The summed E-state index contributed by atoms with van der Waals surface area (Å²) in [4.78, 5) is 11.5. The second-order valence-electron chi connectivity index (χ2n) is 4.42. The molecule has 0 heterocycles. The average molecular weight is 182 g/mol. The lowest BCUT2D eigenvalue weighted by Crippen LogP contribution is -2.68. The summed E-state index contributed by atoms with van der Waals surface area (Å²) >= 11 is 0. The van der Waals surface area contributed by atoms with Gasteiger partial charge in [0.15, 0.2) is 5.78 Å². The molecule has 2 N–H and O–H groups in total. The van der Waals surface area contributed by atoms with E-state index in [1.54, 1.807) is 13.8 Å². The normalized spacial score (nSPS) is 48.5. The molecule has 3 atom stereocenters. The van der Waals surface area contributed by atoms with Gasteiger partial charge in [-0.25, -0.2) is 0 Å². The van der Waals surface area contributed by atoms with E-state index in [-0.39, 0.29) is 18.3 Å². The smallest absolute Gasteiger partial charge is 0.159 e. The van der Waals surface area contributed by atoms with E-state index < -0.39 is 11.0 Å². The third kappa shape index (κ3) is 0.747. The lowest BCUT2D eigenvalue weighted by atomic mass is 9.45. The number of rotatable bonds is 1. The van der Waals surface area contributed by atoms with Crippen LogP contribution in [0.15, 0.2) is 11.6 Å². The van der Waals surface area contributed by atoms with Gasteiger partial charge in [0.05, 0.1) is 12.2 Å². The zero-order valence-electron chi connectivity index (χ0n) is 7.87. The number of aliphatic hydroxyl groups is 2. The van der Waals surface area contributed by atoms with Crippen molar-refractivity contribution in [1.82, 2.24) is 0 Å². The number of carbonyl (C=O) groups is 1. The summed E-state index contributed by atoms with van der Waals surface area (Å²) in [7, 11) is 0. The van der Waals surface area contributed by atoms with Crippen LogP contribution >= 0.6 is 0 Å². The van der Waals surface area contributed by atoms with E-state index in [0.29, 0.717) is 12.0 Å². The molecule has 0 aromatic carbocycles. The third-order valence-corrected chi connectivity index (χ3v) is 3.90. The van der Waals surface area contributed by atoms with Gasteiger partial charge in [0.2, 0.25) is 0 Å². The number of fused-ring (bicyclic) bond motifs is 1. The Labute approximate surface area is 77.1 Å². The maximum Gasteiger partial charge on any atom is 0.159 e. The standard InChI is InChI=1S/C10H14O3/c1-6-3-8(12)7-4-10(6,13)9(7,2)5-11/h3,7,11,13H,4-5H2,1-2H3. The number of allylic oxidation sites excluding steroid dienone is 1. The lowest BCUT2D eigenvalue weighted by molar-refractivity contribution is -0.203. The van der Waals surface area contributed by atoms with Crippen LogP contribution in [0.25, 0.3) is 0 Å². The number of aliphatic hydroxyl groups excluding tert-OH is 1. The van der Waals surface area contributed by atoms with Crippen molar-refractivity contribution in [3.8, 4) is 0 Å². The molecule has 72 valence electrons. The van der Waals surface area contributed by atoms with Crippen molar-refractivity contribution < 1.29 is 15.0 Å². The molecule has 0 aromatic heterocycles. The van der Waals surface area contributed by atoms with Gasteiger partial charge in [-0.05, 0) is 25.0 Å². The first-order valence-corrected chi connectivity index (χ1v) is 4.51. The SMILES string of the molecule is CC1=CC(=O)C2CC1(O)C2(C)CO. The van der Waals surface area contributed by atoms with Crippen molar-refractivity contribution in [3.63, 3.8) is 0 Å². The monoisotopic (exact) mass is 182 g/mol. The first kappa shape index (κ1) is 8.91. The second kappa shape index (κ2) is 2.22. The van der Waals surface area contributed by atoms with Gasteiger partial charge in [-0.3, -0.25) is 4.79 Å². The highest BCUT2D eigenvalue weighted by molar-refractivity contribution is 5.97. The van der Waals surface area contributed by atoms with Crippen LogP contribution in [0.1, 0.15) is 20.3 Å². The molecule has 1 fully saturated rings. The fourth-order valence-corrected chi connectivity index (χ4v) is 2.61. The van der Waals surface area contributed by atoms with Crippen molar-refractivity contribution >= 4 is 5.78 Å². The lowest BCUT2D eigenvalue weighted by Gasteiger charge is -2.61. The minimum absolute atomic E-state index is 0.0463. The Morgan fingerprint density at radius 2 is 2.31 bits per heavy atom. The van der Waals surface area contributed by atoms with Crippen LogP contribution < -0.4 is 0 Å². The molecule has 3 heteroatoms. The topological polar surface area (TPSA) is 57.5 Å². The summed E-state index contributed by atoms with van der Waals surface area (Å²) in [5.41, 5.74) is -0.903. The van der Waals surface area contributed by atoms with E-state index in [0.717, 1.165) is 0 Å². The molecule has 0 aliphatic heterocycles. The molecule has 0 radical (unpaired) electrons. The van der Waals surface area contributed by atoms with E-state index in [1.165, 1.54) is 6.08 Å². The highest BCUT2D eigenvalue weighted by Gasteiger charge is 2.66. The summed E-state index contributed by atoms with van der Waals surface area (Å²) in [6, 6.07) is 0. The van der Waals surface area contributed by atoms with Gasteiger partial charge in [0, 0.05) is 11.3 Å². The number of carbonyl (C=O) groups excluding carboxylic acids is 1. The first-order valence-electron chi connectivity index (χ1n) is 4.51. The van der Waals surface area contributed by atoms with Crippen LogP contribution in [0, 0.1) is 11.3 Å². The van der Waals surface area contributed by atoms with Gasteiger partial charge in [-0.15, -0.1) is 0 Å². The predicted molar refractivity (Wildman–Crippen MR) is 47.0 cm³/mol. The Kier molecular flexibility index (Phi) is 1.52. The zero-order chi connectivity index (χ0) is 9.85. The van der Waals surface area contributed by atoms with Crippen LogP contribution in [-0.2, 0) is 4.79 Å². The van der Waals surface area contributed by atoms with Gasteiger partial charge >= 0.3 is 0 Å². The summed E-state index contributed by atoms with van der Waals surface area (Å²) in [5, 5.41) is 19.4. The molecular weight excluding hydrogens is 168 g/mol. The Hall–Kier alpha value is -0.670. The molecular formula is C10H14O3. The molecule has 0 amide bonds. The molecule has 1 saturated carbocycles. The van der Waals surface area contributed by atoms with Crippen LogP contribution in [0.3, 0.4) is 0 Å². The van der Waals surface area contributed by atoms with Gasteiger partial charge < -0.3 is 10.2 Å². The van der Waals surface area contributed by atoms with Crippen LogP contribution in [0.5, 0.6) is 0 Å². The minimum atomic E-state index is -0.944. The average Bonchev–Trinajstić information content (AvgIpc) is 2.09. The quantitative estimate of drug-likeness (QED) is 0.611. The van der Waals surface area contributed by atoms with Crippen molar-refractivity contribution in [1.29, 1.82) is 0 Å². The molecule has 3 aliphatic carbocycles. The molecule has 2 bridgehead atoms. The van der Waals surface area contributed by atoms with Crippen LogP contribution in [-0.4, -0.2) is 28.2 Å². The molecule has 0 saturated heterocycles. The Balaban J connectivity index is 2.49. The third-order valence-electron chi connectivity index (χ3n) is 3.90. The highest BCUT2D eigenvalue weighted by Crippen LogP contribution is 2.60. The number of hydrogen-bond acceptors (Lipinski definition) is 3. The van der Waals surface area contributed by atoms with Gasteiger partial charge in [0.1, 0.15) is 0 Å². The molecule has 13 heavy (non-hydrogen) atoms. The Morgan fingerprint density at radius 1 is 1.69 bits per heavy atom. The fraction of sp³-hybridized carbons (Fsp3) is 0.700. The molecule has 0 aromatic rings. The second-order valence-corrected chi connectivity index (χ2v) is 4.42. The van der Waals surface area contributed by atoms with Gasteiger partial charge in [-0.2, -0.15) is 0 Å². The Bertz CT molecular complexity index is 307. The van der Waals surface area contributed by atoms with E-state index >= 15 is 0 Å². The van der Waals surface area contributed by atoms with Gasteiger partial charge in [-0.1, -0.05) is 6.92 Å². The Morgan fingerprint density at radius 3 is 2.77 bits per heavy atom. The predicted octanol–water partition coefficient (Wildman–Crippen LogP) is 0.265. The minimum Gasteiger partial charge on any atom is -0.396 e. The summed E-state index contributed by atoms with van der Waals surface area (Å²) in [6.45, 7) is 3.39. The number of hydrogen-bond donors (Lipinski definition) is 2.